The van der Waals surface area contributed by atoms with Gasteiger partial charge in [0.25, 0.3) is 11.5 Å². The lowest BCUT2D eigenvalue weighted by atomic mass is 9.99. The van der Waals surface area contributed by atoms with Gasteiger partial charge in [0.05, 0.1) is 16.4 Å². The molecule has 202 valence electrons. The summed E-state index contributed by atoms with van der Waals surface area (Å²) in [6.45, 7) is 7.30. The minimum Gasteiger partial charge on any atom is -0.448 e. The molecule has 0 saturated heterocycles. The number of fused-ring (bicyclic) bond motifs is 3. The minimum absolute atomic E-state index is 0.0407. The van der Waals surface area contributed by atoms with Gasteiger partial charge in [-0.3, -0.25) is 14.2 Å². The van der Waals surface area contributed by atoms with Gasteiger partial charge in [0.15, 0.2) is 0 Å². The van der Waals surface area contributed by atoms with E-state index in [2.05, 4.69) is 29.8 Å². The summed E-state index contributed by atoms with van der Waals surface area (Å²) in [5.74, 6) is 0.385. The molecule has 3 heterocycles. The summed E-state index contributed by atoms with van der Waals surface area (Å²) < 4.78 is 8.67. The average molecular weight is 608 g/mol. The van der Waals surface area contributed by atoms with Gasteiger partial charge in [0, 0.05) is 22.4 Å². The fourth-order valence-corrected chi connectivity index (χ4v) is 6.42. The fraction of sp³-hybridized carbons (Fsp3) is 0.300. The molecule has 5 rings (SSSR count). The number of carbonyl (C=O) groups is 1. The second-order valence-electron chi connectivity index (χ2n) is 10.0. The Hall–Kier alpha value is -3.27. The van der Waals surface area contributed by atoms with Crippen molar-refractivity contribution in [3.63, 3.8) is 0 Å². The van der Waals surface area contributed by atoms with Gasteiger partial charge in [-0.15, -0.1) is 11.3 Å². The first-order chi connectivity index (χ1) is 18.8. The lowest BCUT2D eigenvalue weighted by Gasteiger charge is -2.35. The van der Waals surface area contributed by atoms with Crippen molar-refractivity contribution >= 4 is 55.2 Å². The number of aromatic nitrogens is 2. The number of amides is 1. The van der Waals surface area contributed by atoms with E-state index in [0.717, 1.165) is 19.6 Å². The van der Waals surface area contributed by atoms with Crippen LogP contribution in [-0.2, 0) is 6.54 Å². The largest absolute Gasteiger partial charge is 0.448 e. The van der Waals surface area contributed by atoms with E-state index in [1.807, 2.05) is 72.5 Å². The zero-order chi connectivity index (χ0) is 27.7. The smallest absolute Gasteiger partial charge is 0.297 e. The van der Waals surface area contributed by atoms with Gasteiger partial charge in [-0.2, -0.15) is 0 Å². The third-order valence-corrected chi connectivity index (χ3v) is 8.46. The summed E-state index contributed by atoms with van der Waals surface area (Å²) in [5, 5.41) is 0.776. The molecule has 0 radical (unpaired) electrons. The molecule has 3 aromatic heterocycles. The molecule has 5 aromatic rings. The van der Waals surface area contributed by atoms with Crippen LogP contribution in [0.3, 0.4) is 0 Å². The maximum atomic E-state index is 14.1. The number of rotatable bonds is 9. The third kappa shape index (κ3) is 5.44. The molecule has 0 spiro atoms. The van der Waals surface area contributed by atoms with E-state index in [1.54, 1.807) is 15.9 Å². The van der Waals surface area contributed by atoms with Crippen molar-refractivity contribution in [2.45, 2.75) is 39.8 Å². The van der Waals surface area contributed by atoms with E-state index in [4.69, 9.17) is 15.1 Å². The Balaban J connectivity index is 1.74. The number of thiophene rings is 1. The number of halogens is 1. The van der Waals surface area contributed by atoms with Crippen LogP contribution in [0, 0.1) is 12.8 Å². The molecule has 0 aliphatic rings. The molecule has 1 amide bonds. The maximum Gasteiger partial charge on any atom is 0.297 e. The first-order valence-corrected chi connectivity index (χ1v) is 14.6. The highest BCUT2D eigenvalue weighted by molar-refractivity contribution is 9.11. The Labute approximate surface area is 239 Å². The van der Waals surface area contributed by atoms with Crippen LogP contribution in [0.5, 0.6) is 0 Å². The molecule has 7 nitrogen and oxygen atoms in total. The highest BCUT2D eigenvalue weighted by atomic mass is 79.9. The molecular weight excluding hydrogens is 576 g/mol. The molecule has 1 unspecified atom stereocenters. The van der Waals surface area contributed by atoms with Gasteiger partial charge in [-0.05, 0) is 78.1 Å². The molecule has 1 atom stereocenters. The SMILES string of the molecule is Cc1ccc(C(=O)N(CCCN)C(c2nc3c(oc4ccccc43)c(=O)n2Cc2ccc(Br)s2)C(C)C)cc1. The van der Waals surface area contributed by atoms with E-state index in [1.165, 1.54) is 0 Å². The van der Waals surface area contributed by atoms with Crippen molar-refractivity contribution in [3.8, 4) is 0 Å². The molecule has 9 heteroatoms. The quantitative estimate of drug-likeness (QED) is 0.206. The minimum atomic E-state index is -0.473. The maximum absolute atomic E-state index is 14.1. The number of hydrogen-bond acceptors (Lipinski definition) is 6. The van der Waals surface area contributed by atoms with Crippen molar-refractivity contribution in [1.82, 2.24) is 14.5 Å². The van der Waals surface area contributed by atoms with Crippen molar-refractivity contribution < 1.29 is 9.21 Å². The van der Waals surface area contributed by atoms with E-state index in [0.29, 0.717) is 48.5 Å². The molecule has 0 bridgehead atoms. The first-order valence-electron chi connectivity index (χ1n) is 13.0. The number of para-hydroxylation sites is 1. The van der Waals surface area contributed by atoms with E-state index < -0.39 is 6.04 Å². The highest BCUT2D eigenvalue weighted by Gasteiger charge is 2.33. The van der Waals surface area contributed by atoms with Crippen molar-refractivity contribution in [2.24, 2.45) is 11.7 Å². The number of nitrogens with zero attached hydrogens (tertiary/aromatic N) is 3. The van der Waals surface area contributed by atoms with E-state index >= 15 is 0 Å². The molecule has 39 heavy (non-hydrogen) atoms. The Morgan fingerprint density at radius 2 is 1.87 bits per heavy atom. The Morgan fingerprint density at radius 3 is 2.54 bits per heavy atom. The second kappa shape index (κ2) is 11.5. The first kappa shape index (κ1) is 27.3. The molecule has 2 aromatic carbocycles. The predicted octanol–water partition coefficient (Wildman–Crippen LogP) is 6.51. The zero-order valence-corrected chi connectivity index (χ0v) is 24.6. The van der Waals surface area contributed by atoms with Crippen molar-refractivity contribution in [2.75, 3.05) is 13.1 Å². The van der Waals surface area contributed by atoms with Crippen molar-refractivity contribution in [1.29, 1.82) is 0 Å². The summed E-state index contributed by atoms with van der Waals surface area (Å²) >= 11 is 5.09. The molecule has 0 saturated carbocycles. The lowest BCUT2D eigenvalue weighted by molar-refractivity contribution is 0.0603. The predicted molar refractivity (Wildman–Crippen MR) is 160 cm³/mol. The zero-order valence-electron chi connectivity index (χ0n) is 22.2. The van der Waals surface area contributed by atoms with E-state index in [-0.39, 0.29) is 23.0 Å². The van der Waals surface area contributed by atoms with Crippen LogP contribution in [0.25, 0.3) is 22.1 Å². The summed E-state index contributed by atoms with van der Waals surface area (Å²) in [5.41, 5.74) is 8.66. The molecule has 0 aliphatic carbocycles. The van der Waals surface area contributed by atoms with Crippen LogP contribution < -0.4 is 11.3 Å². The topological polar surface area (TPSA) is 94.4 Å². The van der Waals surface area contributed by atoms with Gasteiger partial charge >= 0.3 is 0 Å². The summed E-state index contributed by atoms with van der Waals surface area (Å²) in [6, 6.07) is 18.6. The van der Waals surface area contributed by atoms with Crippen LogP contribution in [0.4, 0.5) is 0 Å². The van der Waals surface area contributed by atoms with Gasteiger partial charge in [-0.1, -0.05) is 43.7 Å². The van der Waals surface area contributed by atoms with Crippen molar-refractivity contribution in [3.05, 3.63) is 96.6 Å². The Kier molecular flexibility index (Phi) is 8.02. The van der Waals surface area contributed by atoms with Gasteiger partial charge in [-0.25, -0.2) is 4.98 Å². The standard InChI is InChI=1S/C30H31BrN4O3S/c1-18(2)26(34(16-6-15-32)29(36)20-11-9-19(3)10-12-20)28-33-25-22-7-4-5-8-23(22)38-27(25)30(37)35(28)17-21-13-14-24(31)39-21/h4-5,7-14,18,26H,6,15-17,32H2,1-3H3. The summed E-state index contributed by atoms with van der Waals surface area (Å²) in [7, 11) is 0. The molecule has 2 N–H and O–H groups in total. The summed E-state index contributed by atoms with van der Waals surface area (Å²) in [4.78, 5) is 36.0. The van der Waals surface area contributed by atoms with E-state index in [9.17, 15) is 9.59 Å². The number of aryl methyl sites for hydroxylation is 1. The van der Waals surface area contributed by atoms with Crippen LogP contribution >= 0.6 is 27.3 Å². The normalized spacial score (nSPS) is 12.5. The monoisotopic (exact) mass is 606 g/mol. The Bertz CT molecular complexity index is 1690. The van der Waals surface area contributed by atoms with Crippen LogP contribution in [0.15, 0.2) is 73.7 Å². The van der Waals surface area contributed by atoms with Crippen LogP contribution in [0.1, 0.15) is 52.9 Å². The number of nitrogens with two attached hydrogens (primary N) is 1. The Morgan fingerprint density at radius 1 is 1.13 bits per heavy atom. The van der Waals surface area contributed by atoms with Gasteiger partial charge in [0.2, 0.25) is 5.58 Å². The van der Waals surface area contributed by atoms with Crippen LogP contribution in [0.2, 0.25) is 0 Å². The van der Waals surface area contributed by atoms with Gasteiger partial charge < -0.3 is 15.1 Å². The molecule has 0 fully saturated rings. The second-order valence-corrected chi connectivity index (χ2v) is 12.6. The van der Waals surface area contributed by atoms with Gasteiger partial charge in [0.1, 0.15) is 16.9 Å². The molecule has 0 aliphatic heterocycles. The third-order valence-electron chi connectivity index (χ3n) is 6.85. The van der Waals surface area contributed by atoms with Crippen LogP contribution in [-0.4, -0.2) is 33.4 Å². The number of benzene rings is 2. The average Bonchev–Trinajstić information content (AvgIpc) is 3.51. The molecular formula is C30H31BrN4O3S. The summed E-state index contributed by atoms with van der Waals surface area (Å²) in [6.07, 6.45) is 0.625. The fourth-order valence-electron chi connectivity index (χ4n) is 4.95. The number of carbonyl (C=O) groups excluding carboxylic acids is 1. The highest BCUT2D eigenvalue weighted by Crippen LogP contribution is 2.33. The number of furan rings is 1. The lowest BCUT2D eigenvalue weighted by Crippen LogP contribution is -2.42. The number of hydrogen-bond donors (Lipinski definition) is 1.